The number of carbonyl (C=O) groups excluding carboxylic acids is 1. The van der Waals surface area contributed by atoms with Crippen molar-refractivity contribution in [2.75, 3.05) is 26.2 Å². The number of amides is 1. The van der Waals surface area contributed by atoms with E-state index in [9.17, 15) is 9.18 Å². The minimum atomic E-state index is -0.287. The number of carbonyl (C=O) groups is 1. The summed E-state index contributed by atoms with van der Waals surface area (Å²) in [5.74, 6) is 1.06. The van der Waals surface area contributed by atoms with E-state index in [0.717, 1.165) is 12.1 Å². The zero-order chi connectivity index (χ0) is 22.6. The maximum Gasteiger partial charge on any atom is 0.253 e. The fraction of sp³-hybridized carbons (Fsp3) is 0.417. The lowest BCUT2D eigenvalue weighted by Crippen LogP contribution is -2.41. The standard InChI is InChI=1S/C24H33FN4O2/c1-5-26-24(27-16-18(4)31-22-14-12-21(25)13-15-22)28-17-19-8-10-20(11-9-19)23(30)29(6-2)7-3/h8-15,18H,5-7,16-17H2,1-4H3,(H2,26,27,28). The van der Waals surface area contributed by atoms with Gasteiger partial charge in [-0.1, -0.05) is 12.1 Å². The van der Waals surface area contributed by atoms with Crippen LogP contribution >= 0.6 is 0 Å². The van der Waals surface area contributed by atoms with Gasteiger partial charge in [-0.3, -0.25) is 4.79 Å². The molecule has 0 aromatic heterocycles. The third-order valence-electron chi connectivity index (χ3n) is 4.72. The number of benzene rings is 2. The Balaban J connectivity index is 1.91. The summed E-state index contributed by atoms with van der Waals surface area (Å²) >= 11 is 0. The van der Waals surface area contributed by atoms with Crippen molar-refractivity contribution in [3.8, 4) is 5.75 Å². The van der Waals surface area contributed by atoms with Crippen LogP contribution in [0.2, 0.25) is 0 Å². The summed E-state index contributed by atoms with van der Waals surface area (Å²) in [6.45, 7) is 11.1. The van der Waals surface area contributed by atoms with Crippen LogP contribution in [0, 0.1) is 5.82 Å². The summed E-state index contributed by atoms with van der Waals surface area (Å²) in [4.78, 5) is 18.8. The molecule has 1 unspecified atom stereocenters. The van der Waals surface area contributed by atoms with E-state index in [-0.39, 0.29) is 17.8 Å². The summed E-state index contributed by atoms with van der Waals surface area (Å²) in [5.41, 5.74) is 1.71. The van der Waals surface area contributed by atoms with E-state index in [2.05, 4.69) is 15.6 Å². The highest BCUT2D eigenvalue weighted by atomic mass is 19.1. The predicted molar refractivity (Wildman–Crippen MR) is 123 cm³/mol. The van der Waals surface area contributed by atoms with Gasteiger partial charge in [-0.05, 0) is 69.7 Å². The molecule has 6 nitrogen and oxygen atoms in total. The maximum atomic E-state index is 13.0. The quantitative estimate of drug-likeness (QED) is 0.446. The maximum absolute atomic E-state index is 13.0. The van der Waals surface area contributed by atoms with Crippen molar-refractivity contribution in [1.29, 1.82) is 0 Å². The molecule has 0 saturated heterocycles. The van der Waals surface area contributed by atoms with Crippen LogP contribution in [0.5, 0.6) is 5.75 Å². The number of rotatable bonds is 10. The first-order valence-corrected chi connectivity index (χ1v) is 10.8. The molecule has 0 fully saturated rings. The van der Waals surface area contributed by atoms with Gasteiger partial charge in [0, 0.05) is 25.2 Å². The lowest BCUT2D eigenvalue weighted by molar-refractivity contribution is 0.0773. The van der Waals surface area contributed by atoms with Crippen molar-refractivity contribution >= 4 is 11.9 Å². The molecule has 0 aliphatic rings. The molecule has 1 atom stereocenters. The Morgan fingerprint density at radius 1 is 1.03 bits per heavy atom. The first-order chi connectivity index (χ1) is 15.0. The normalized spacial score (nSPS) is 12.2. The van der Waals surface area contributed by atoms with E-state index in [1.807, 2.05) is 52.0 Å². The van der Waals surface area contributed by atoms with Gasteiger partial charge in [0.15, 0.2) is 5.96 Å². The van der Waals surface area contributed by atoms with Gasteiger partial charge in [0.25, 0.3) is 5.91 Å². The average molecular weight is 429 g/mol. The molecule has 0 spiro atoms. The smallest absolute Gasteiger partial charge is 0.253 e. The van der Waals surface area contributed by atoms with Crippen LogP contribution in [0.3, 0.4) is 0 Å². The number of ether oxygens (including phenoxy) is 1. The highest BCUT2D eigenvalue weighted by molar-refractivity contribution is 5.94. The second-order valence-electron chi connectivity index (χ2n) is 7.13. The number of hydrogen-bond donors (Lipinski definition) is 2. The van der Waals surface area contributed by atoms with Crippen molar-refractivity contribution < 1.29 is 13.9 Å². The van der Waals surface area contributed by atoms with Gasteiger partial charge >= 0.3 is 0 Å². The zero-order valence-corrected chi connectivity index (χ0v) is 18.8. The van der Waals surface area contributed by atoms with Crippen molar-refractivity contribution in [3.05, 3.63) is 65.5 Å². The van der Waals surface area contributed by atoms with Crippen molar-refractivity contribution in [2.24, 2.45) is 4.99 Å². The number of nitrogens with one attached hydrogen (secondary N) is 2. The summed E-state index contributed by atoms with van der Waals surface area (Å²) in [6, 6.07) is 13.5. The van der Waals surface area contributed by atoms with Crippen LogP contribution in [0.1, 0.15) is 43.6 Å². The van der Waals surface area contributed by atoms with Crippen LogP contribution in [0.15, 0.2) is 53.5 Å². The Bertz CT molecular complexity index is 834. The zero-order valence-electron chi connectivity index (χ0n) is 18.8. The number of nitrogens with zero attached hydrogens (tertiary/aromatic N) is 2. The monoisotopic (exact) mass is 428 g/mol. The molecule has 0 radical (unpaired) electrons. The molecule has 7 heteroatoms. The van der Waals surface area contributed by atoms with E-state index >= 15 is 0 Å². The minimum absolute atomic E-state index is 0.0465. The lowest BCUT2D eigenvalue weighted by Gasteiger charge is -2.18. The van der Waals surface area contributed by atoms with Gasteiger partial charge in [0.1, 0.15) is 17.7 Å². The second kappa shape index (κ2) is 12.6. The highest BCUT2D eigenvalue weighted by Gasteiger charge is 2.12. The van der Waals surface area contributed by atoms with Crippen molar-refractivity contribution in [3.63, 3.8) is 0 Å². The number of guanidine groups is 1. The molecule has 2 aromatic carbocycles. The third kappa shape index (κ3) is 7.92. The second-order valence-corrected chi connectivity index (χ2v) is 7.13. The van der Waals surface area contributed by atoms with Gasteiger partial charge in [-0.15, -0.1) is 0 Å². The molecular weight excluding hydrogens is 395 g/mol. The molecule has 0 heterocycles. The Morgan fingerprint density at radius 3 is 2.26 bits per heavy atom. The molecule has 2 rings (SSSR count). The van der Waals surface area contributed by atoms with E-state index in [1.54, 1.807) is 17.0 Å². The highest BCUT2D eigenvalue weighted by Crippen LogP contribution is 2.13. The molecule has 0 bridgehead atoms. The molecule has 31 heavy (non-hydrogen) atoms. The predicted octanol–water partition coefficient (Wildman–Crippen LogP) is 3.83. The Morgan fingerprint density at radius 2 is 1.68 bits per heavy atom. The molecule has 2 aromatic rings. The summed E-state index contributed by atoms with van der Waals surface area (Å²) in [7, 11) is 0. The summed E-state index contributed by atoms with van der Waals surface area (Å²) in [6.07, 6.45) is -0.125. The van der Waals surface area contributed by atoms with Crippen LogP contribution in [0.25, 0.3) is 0 Å². The first-order valence-electron chi connectivity index (χ1n) is 10.8. The van der Waals surface area contributed by atoms with E-state index < -0.39 is 0 Å². The Kier molecular flexibility index (Phi) is 9.81. The lowest BCUT2D eigenvalue weighted by atomic mass is 10.1. The molecule has 0 saturated carbocycles. The van der Waals surface area contributed by atoms with Gasteiger partial charge < -0.3 is 20.3 Å². The summed E-state index contributed by atoms with van der Waals surface area (Å²) in [5, 5.41) is 6.47. The number of halogens is 1. The van der Waals surface area contributed by atoms with Crippen LogP contribution in [-0.2, 0) is 6.54 Å². The third-order valence-corrected chi connectivity index (χ3v) is 4.72. The number of hydrogen-bond acceptors (Lipinski definition) is 3. The van der Waals surface area contributed by atoms with Crippen LogP contribution < -0.4 is 15.4 Å². The molecule has 2 N–H and O–H groups in total. The van der Waals surface area contributed by atoms with Gasteiger partial charge in [-0.2, -0.15) is 0 Å². The topological polar surface area (TPSA) is 66.0 Å². The van der Waals surface area contributed by atoms with Gasteiger partial charge in [-0.25, -0.2) is 9.38 Å². The van der Waals surface area contributed by atoms with Crippen molar-refractivity contribution in [2.45, 2.75) is 40.3 Å². The molecule has 0 aliphatic carbocycles. The SMILES string of the molecule is CCNC(=NCc1ccc(C(=O)N(CC)CC)cc1)NCC(C)Oc1ccc(F)cc1. The van der Waals surface area contributed by atoms with E-state index in [0.29, 0.717) is 43.5 Å². The minimum Gasteiger partial charge on any atom is -0.489 e. The Hall–Kier alpha value is -3.09. The molecular formula is C24H33FN4O2. The molecule has 0 aliphatic heterocycles. The summed E-state index contributed by atoms with van der Waals surface area (Å²) < 4.78 is 18.8. The van der Waals surface area contributed by atoms with Crippen LogP contribution in [0.4, 0.5) is 4.39 Å². The molecule has 1 amide bonds. The fourth-order valence-electron chi connectivity index (χ4n) is 2.99. The van der Waals surface area contributed by atoms with E-state index in [4.69, 9.17) is 4.74 Å². The fourth-order valence-corrected chi connectivity index (χ4v) is 2.99. The van der Waals surface area contributed by atoms with Gasteiger partial charge in [0.2, 0.25) is 0 Å². The van der Waals surface area contributed by atoms with Crippen molar-refractivity contribution in [1.82, 2.24) is 15.5 Å². The van der Waals surface area contributed by atoms with Gasteiger partial charge in [0.05, 0.1) is 13.1 Å². The van der Waals surface area contributed by atoms with Crippen LogP contribution in [-0.4, -0.2) is 49.0 Å². The molecule has 168 valence electrons. The largest absolute Gasteiger partial charge is 0.489 e. The first kappa shape index (κ1) is 24.2. The average Bonchev–Trinajstić information content (AvgIpc) is 2.78. The van der Waals surface area contributed by atoms with E-state index in [1.165, 1.54) is 12.1 Å². The Labute approximate surface area is 184 Å². The number of aliphatic imine (C=N–C) groups is 1.